The number of aliphatic hydroxyl groups is 1. The van der Waals surface area contributed by atoms with E-state index in [-0.39, 0.29) is 6.10 Å². The van der Waals surface area contributed by atoms with Crippen LogP contribution in [0, 0.1) is 0 Å². The van der Waals surface area contributed by atoms with Crippen LogP contribution >= 0.6 is 0 Å². The molecule has 0 aromatic carbocycles. The molecule has 2 aromatic rings. The molecule has 134 valence electrons. The normalized spacial score (nSPS) is 25.2. The molecular formula is C19H27N5O. The van der Waals surface area contributed by atoms with Crippen LogP contribution in [0.5, 0.6) is 0 Å². The SMILES string of the molecule is Nc1ncc(C2CCCCC2)c2nc(NC3CCC(O)CC3)ncc12. The second-order valence-electron chi connectivity index (χ2n) is 7.54. The third-order valence-corrected chi connectivity index (χ3v) is 5.76. The maximum Gasteiger partial charge on any atom is 0.223 e. The van der Waals surface area contributed by atoms with Crippen molar-refractivity contribution in [3.8, 4) is 0 Å². The Bertz CT molecular complexity index is 736. The Morgan fingerprint density at radius 2 is 1.72 bits per heavy atom. The van der Waals surface area contributed by atoms with Gasteiger partial charge in [0, 0.05) is 24.0 Å². The van der Waals surface area contributed by atoms with Crippen LogP contribution in [0.25, 0.3) is 10.9 Å². The summed E-state index contributed by atoms with van der Waals surface area (Å²) in [6.45, 7) is 0. The zero-order valence-corrected chi connectivity index (χ0v) is 14.6. The zero-order valence-electron chi connectivity index (χ0n) is 14.6. The van der Waals surface area contributed by atoms with Gasteiger partial charge in [-0.15, -0.1) is 0 Å². The Balaban J connectivity index is 1.63. The first kappa shape index (κ1) is 16.5. The van der Waals surface area contributed by atoms with Crippen LogP contribution in [0.2, 0.25) is 0 Å². The van der Waals surface area contributed by atoms with Crippen molar-refractivity contribution in [3.05, 3.63) is 18.0 Å². The summed E-state index contributed by atoms with van der Waals surface area (Å²) in [5.41, 5.74) is 8.23. The second kappa shape index (κ2) is 7.12. The predicted molar refractivity (Wildman–Crippen MR) is 99.5 cm³/mol. The summed E-state index contributed by atoms with van der Waals surface area (Å²) in [4.78, 5) is 13.7. The smallest absolute Gasteiger partial charge is 0.223 e. The largest absolute Gasteiger partial charge is 0.393 e. The molecule has 0 amide bonds. The number of nitrogens with one attached hydrogen (secondary N) is 1. The van der Waals surface area contributed by atoms with Gasteiger partial charge >= 0.3 is 0 Å². The molecule has 4 N–H and O–H groups in total. The molecule has 6 nitrogen and oxygen atoms in total. The summed E-state index contributed by atoms with van der Waals surface area (Å²) in [6.07, 6.45) is 13.4. The van der Waals surface area contributed by atoms with E-state index < -0.39 is 0 Å². The summed E-state index contributed by atoms with van der Waals surface area (Å²) in [7, 11) is 0. The molecule has 25 heavy (non-hydrogen) atoms. The highest BCUT2D eigenvalue weighted by Crippen LogP contribution is 2.36. The Morgan fingerprint density at radius 3 is 2.48 bits per heavy atom. The third-order valence-electron chi connectivity index (χ3n) is 5.76. The lowest BCUT2D eigenvalue weighted by Crippen LogP contribution is -2.28. The van der Waals surface area contributed by atoms with E-state index in [1.807, 2.05) is 6.20 Å². The van der Waals surface area contributed by atoms with Crippen molar-refractivity contribution < 1.29 is 5.11 Å². The lowest BCUT2D eigenvalue weighted by atomic mass is 9.84. The highest BCUT2D eigenvalue weighted by molar-refractivity contribution is 5.90. The van der Waals surface area contributed by atoms with E-state index in [4.69, 9.17) is 10.7 Å². The van der Waals surface area contributed by atoms with Gasteiger partial charge in [-0.25, -0.2) is 15.0 Å². The number of aliphatic hydroxyl groups excluding tert-OH is 1. The lowest BCUT2D eigenvalue weighted by Gasteiger charge is -2.26. The molecule has 0 aliphatic heterocycles. The molecule has 2 saturated carbocycles. The molecule has 0 atom stereocenters. The molecule has 6 heteroatoms. The molecule has 0 bridgehead atoms. The van der Waals surface area contributed by atoms with Gasteiger partial charge in [-0.3, -0.25) is 0 Å². The molecular weight excluding hydrogens is 314 g/mol. The molecule has 0 saturated heterocycles. The second-order valence-corrected chi connectivity index (χ2v) is 7.54. The van der Waals surface area contributed by atoms with E-state index >= 15 is 0 Å². The Kier molecular flexibility index (Phi) is 4.70. The number of pyridine rings is 1. The standard InChI is InChI=1S/C19H27N5O/c20-18-16-11-22-19(23-13-6-8-14(25)9-7-13)24-17(16)15(10-21-18)12-4-2-1-3-5-12/h10-14,25H,1-9H2,(H2,20,21)(H,22,23,24). The quantitative estimate of drug-likeness (QED) is 0.792. The average molecular weight is 341 g/mol. The molecule has 0 spiro atoms. The average Bonchev–Trinajstić information content (AvgIpc) is 2.65. The minimum absolute atomic E-state index is 0.153. The first-order valence-corrected chi connectivity index (χ1v) is 9.56. The van der Waals surface area contributed by atoms with E-state index in [1.165, 1.54) is 37.7 Å². The zero-order chi connectivity index (χ0) is 17.2. The van der Waals surface area contributed by atoms with Crippen LogP contribution in [-0.2, 0) is 0 Å². The third kappa shape index (κ3) is 3.54. The van der Waals surface area contributed by atoms with Crippen LogP contribution in [0.15, 0.2) is 12.4 Å². The van der Waals surface area contributed by atoms with Gasteiger partial charge in [0.15, 0.2) is 0 Å². The first-order valence-electron chi connectivity index (χ1n) is 9.56. The van der Waals surface area contributed by atoms with E-state index in [0.717, 1.165) is 36.6 Å². The number of nitrogens with two attached hydrogens (primary N) is 1. The molecule has 4 rings (SSSR count). The van der Waals surface area contributed by atoms with Gasteiger partial charge in [0.25, 0.3) is 0 Å². The summed E-state index contributed by atoms with van der Waals surface area (Å²) < 4.78 is 0. The van der Waals surface area contributed by atoms with Crippen LogP contribution in [0.4, 0.5) is 11.8 Å². The van der Waals surface area contributed by atoms with Gasteiger partial charge in [-0.2, -0.15) is 0 Å². The van der Waals surface area contributed by atoms with E-state index in [1.54, 1.807) is 6.20 Å². The van der Waals surface area contributed by atoms with Crippen molar-refractivity contribution in [1.82, 2.24) is 15.0 Å². The van der Waals surface area contributed by atoms with Crippen LogP contribution in [0.3, 0.4) is 0 Å². The molecule has 2 aromatic heterocycles. The first-order chi connectivity index (χ1) is 12.2. The number of aromatic nitrogens is 3. The summed E-state index contributed by atoms with van der Waals surface area (Å²) in [5.74, 6) is 1.69. The van der Waals surface area contributed by atoms with Gasteiger partial charge < -0.3 is 16.2 Å². The van der Waals surface area contributed by atoms with E-state index in [0.29, 0.717) is 23.7 Å². The maximum atomic E-state index is 9.67. The van der Waals surface area contributed by atoms with Gasteiger partial charge in [0.05, 0.1) is 17.0 Å². The molecule has 2 fully saturated rings. The molecule has 2 heterocycles. The summed E-state index contributed by atoms with van der Waals surface area (Å²) >= 11 is 0. The van der Waals surface area contributed by atoms with Gasteiger partial charge in [0.1, 0.15) is 5.82 Å². The molecule has 2 aliphatic rings. The topological polar surface area (TPSA) is 97.0 Å². The van der Waals surface area contributed by atoms with E-state index in [9.17, 15) is 5.11 Å². The molecule has 2 aliphatic carbocycles. The number of anilines is 2. The highest BCUT2D eigenvalue weighted by atomic mass is 16.3. The fourth-order valence-electron chi connectivity index (χ4n) is 4.24. The Hall–Kier alpha value is -1.95. The van der Waals surface area contributed by atoms with Crippen molar-refractivity contribution in [3.63, 3.8) is 0 Å². The van der Waals surface area contributed by atoms with Crippen molar-refractivity contribution in [2.45, 2.75) is 75.9 Å². The van der Waals surface area contributed by atoms with Gasteiger partial charge in [0.2, 0.25) is 5.95 Å². The number of rotatable bonds is 3. The minimum atomic E-state index is -0.153. The minimum Gasteiger partial charge on any atom is -0.393 e. The summed E-state index contributed by atoms with van der Waals surface area (Å²) in [5, 5.41) is 14.0. The lowest BCUT2D eigenvalue weighted by molar-refractivity contribution is 0.126. The fourth-order valence-corrected chi connectivity index (χ4v) is 4.24. The van der Waals surface area contributed by atoms with Gasteiger partial charge in [-0.05, 0) is 44.4 Å². The number of hydrogen-bond acceptors (Lipinski definition) is 6. The van der Waals surface area contributed by atoms with Crippen LogP contribution in [-0.4, -0.2) is 32.2 Å². The summed E-state index contributed by atoms with van der Waals surface area (Å²) in [6, 6.07) is 0.332. The Labute approximate surface area is 148 Å². The number of nitrogens with zero attached hydrogens (tertiary/aromatic N) is 3. The monoisotopic (exact) mass is 341 g/mol. The fraction of sp³-hybridized carbons (Fsp3) is 0.632. The number of nitrogen functional groups attached to an aromatic ring is 1. The Morgan fingerprint density at radius 1 is 0.960 bits per heavy atom. The highest BCUT2D eigenvalue weighted by Gasteiger charge is 2.22. The van der Waals surface area contributed by atoms with Crippen molar-refractivity contribution in [2.24, 2.45) is 0 Å². The van der Waals surface area contributed by atoms with Crippen LogP contribution < -0.4 is 11.1 Å². The van der Waals surface area contributed by atoms with Crippen molar-refractivity contribution in [1.29, 1.82) is 0 Å². The predicted octanol–water partition coefficient (Wildman–Crippen LogP) is 3.37. The van der Waals surface area contributed by atoms with Crippen LogP contribution in [0.1, 0.15) is 69.3 Å². The van der Waals surface area contributed by atoms with E-state index in [2.05, 4.69) is 15.3 Å². The molecule has 0 radical (unpaired) electrons. The van der Waals surface area contributed by atoms with Gasteiger partial charge in [-0.1, -0.05) is 19.3 Å². The number of hydrogen-bond donors (Lipinski definition) is 3. The van der Waals surface area contributed by atoms with Crippen molar-refractivity contribution in [2.75, 3.05) is 11.1 Å². The number of fused-ring (bicyclic) bond motifs is 1. The molecule has 0 unspecified atom stereocenters. The van der Waals surface area contributed by atoms with Crippen molar-refractivity contribution >= 4 is 22.7 Å². The maximum absolute atomic E-state index is 9.67.